The minimum Gasteiger partial charge on any atom is -0.338 e. The van der Waals surface area contributed by atoms with Crippen LogP contribution >= 0.6 is 0 Å². The van der Waals surface area contributed by atoms with E-state index in [9.17, 15) is 9.59 Å². The molecular formula is C14H23N5O3. The third kappa shape index (κ3) is 3.38. The number of hydrogen-bond acceptors (Lipinski definition) is 5. The van der Waals surface area contributed by atoms with E-state index >= 15 is 0 Å². The van der Waals surface area contributed by atoms with Gasteiger partial charge in [-0.3, -0.25) is 10.1 Å². The zero-order valence-corrected chi connectivity index (χ0v) is 13.2. The summed E-state index contributed by atoms with van der Waals surface area (Å²) in [6.07, 6.45) is 1.53. The van der Waals surface area contributed by atoms with Gasteiger partial charge in [0.25, 0.3) is 5.91 Å². The lowest BCUT2D eigenvalue weighted by atomic mass is 9.99. The molecule has 22 heavy (non-hydrogen) atoms. The van der Waals surface area contributed by atoms with Crippen LogP contribution in [0.4, 0.5) is 10.7 Å². The Hall–Kier alpha value is -2.09. The summed E-state index contributed by atoms with van der Waals surface area (Å²) in [6, 6.07) is 0.592. The number of rotatable bonds is 4. The molecule has 1 fully saturated rings. The largest absolute Gasteiger partial charge is 0.343 e. The van der Waals surface area contributed by atoms with Crippen LogP contribution in [0.5, 0.6) is 0 Å². The number of nitrogens with one attached hydrogen (secondary N) is 1. The van der Waals surface area contributed by atoms with Crippen LogP contribution in [0.25, 0.3) is 0 Å². The summed E-state index contributed by atoms with van der Waals surface area (Å²) in [7, 11) is 0. The minimum absolute atomic E-state index is 0.0648. The molecule has 1 aromatic heterocycles. The van der Waals surface area contributed by atoms with Crippen molar-refractivity contribution in [1.82, 2.24) is 15.2 Å². The summed E-state index contributed by atoms with van der Waals surface area (Å²) in [5, 5.41) is 9.10. The average Bonchev–Trinajstić information content (AvgIpc) is 3.13. The highest BCUT2D eigenvalue weighted by Gasteiger charge is 2.35. The summed E-state index contributed by atoms with van der Waals surface area (Å²) in [6.45, 7) is 6.64. The van der Waals surface area contributed by atoms with Gasteiger partial charge in [0.1, 0.15) is 0 Å². The maximum Gasteiger partial charge on any atom is 0.343 e. The van der Waals surface area contributed by atoms with E-state index < -0.39 is 12.1 Å². The Kier molecular flexibility index (Phi) is 5.02. The number of hydrazine groups is 1. The lowest BCUT2D eigenvalue weighted by Gasteiger charge is -2.31. The quantitative estimate of drug-likeness (QED) is 0.873. The van der Waals surface area contributed by atoms with Crippen molar-refractivity contribution < 1.29 is 14.1 Å². The first-order valence-corrected chi connectivity index (χ1v) is 7.52. The Morgan fingerprint density at radius 2 is 2.14 bits per heavy atom. The number of nitrogens with zero attached hydrogens (tertiary/aromatic N) is 3. The molecule has 122 valence electrons. The highest BCUT2D eigenvalue weighted by Crippen LogP contribution is 2.18. The predicted octanol–water partition coefficient (Wildman–Crippen LogP) is 1.34. The number of anilines is 1. The molecule has 0 bridgehead atoms. The average molecular weight is 309 g/mol. The molecule has 3 N–H and O–H groups in total. The first-order valence-electron chi connectivity index (χ1n) is 7.52. The number of hydrogen-bond donors (Lipinski definition) is 2. The molecule has 1 aliphatic heterocycles. The van der Waals surface area contributed by atoms with Crippen molar-refractivity contribution in [3.8, 4) is 0 Å². The maximum absolute atomic E-state index is 12.5. The van der Waals surface area contributed by atoms with Gasteiger partial charge in [-0.25, -0.2) is 14.8 Å². The summed E-state index contributed by atoms with van der Waals surface area (Å²) in [4.78, 5) is 24.8. The second-order valence-corrected chi connectivity index (χ2v) is 5.61. The van der Waals surface area contributed by atoms with E-state index in [1.165, 1.54) is 10.0 Å². The van der Waals surface area contributed by atoms with Crippen LogP contribution in [-0.2, 0) is 4.79 Å². The Morgan fingerprint density at radius 3 is 2.73 bits per heavy atom. The third-order valence-electron chi connectivity index (χ3n) is 3.92. The second-order valence-electron chi connectivity index (χ2n) is 5.61. The van der Waals surface area contributed by atoms with Crippen LogP contribution in [-0.4, -0.2) is 46.2 Å². The molecule has 8 nitrogen and oxygen atoms in total. The van der Waals surface area contributed by atoms with Crippen molar-refractivity contribution in [1.29, 1.82) is 0 Å². The van der Waals surface area contributed by atoms with Gasteiger partial charge < -0.3 is 10.3 Å². The van der Waals surface area contributed by atoms with Crippen LogP contribution in [0.2, 0.25) is 0 Å². The number of carbonyl (C=O) groups excluding carboxylic acids is 2. The highest BCUT2D eigenvalue weighted by atomic mass is 16.5. The molecule has 0 aliphatic carbocycles. The van der Waals surface area contributed by atoms with E-state index in [4.69, 9.17) is 10.3 Å². The summed E-state index contributed by atoms with van der Waals surface area (Å²) >= 11 is 0. The van der Waals surface area contributed by atoms with E-state index in [1.807, 2.05) is 13.8 Å². The zero-order chi connectivity index (χ0) is 16.3. The minimum atomic E-state index is -0.606. The molecule has 2 rings (SSSR count). The van der Waals surface area contributed by atoms with E-state index in [0.717, 1.165) is 12.8 Å². The smallest absolute Gasteiger partial charge is 0.338 e. The zero-order valence-electron chi connectivity index (χ0n) is 13.2. The Bertz CT molecular complexity index is 544. The van der Waals surface area contributed by atoms with E-state index in [0.29, 0.717) is 18.8 Å². The van der Waals surface area contributed by atoms with Crippen LogP contribution in [0, 0.1) is 12.8 Å². The van der Waals surface area contributed by atoms with Gasteiger partial charge in [0, 0.05) is 19.2 Å². The van der Waals surface area contributed by atoms with E-state index in [1.54, 1.807) is 13.0 Å². The van der Waals surface area contributed by atoms with Crippen molar-refractivity contribution in [2.75, 3.05) is 18.4 Å². The molecule has 8 heteroatoms. The molecule has 2 unspecified atom stereocenters. The van der Waals surface area contributed by atoms with Gasteiger partial charge >= 0.3 is 6.03 Å². The number of aryl methyl sites for hydroxylation is 1. The number of carbonyl (C=O) groups is 2. The SMILES string of the molecule is CCC(C)C(N)C(=O)N1CCCN1C(=O)Nc1cc(C)no1. The topological polar surface area (TPSA) is 105 Å². The lowest BCUT2D eigenvalue weighted by molar-refractivity contribution is -0.142. The van der Waals surface area contributed by atoms with Crippen molar-refractivity contribution in [2.45, 2.75) is 39.7 Å². The second kappa shape index (κ2) is 6.78. The van der Waals surface area contributed by atoms with Gasteiger partial charge in [-0.05, 0) is 19.3 Å². The molecule has 2 heterocycles. The molecule has 1 saturated heterocycles. The lowest BCUT2D eigenvalue weighted by Crippen LogP contribution is -2.53. The van der Waals surface area contributed by atoms with Gasteiger partial charge in [-0.15, -0.1) is 0 Å². The molecule has 0 spiro atoms. The first-order chi connectivity index (χ1) is 10.4. The number of aromatic nitrogens is 1. The Balaban J connectivity index is 2.03. The molecule has 3 amide bonds. The number of urea groups is 1. The fourth-order valence-electron chi connectivity index (χ4n) is 2.31. The molecular weight excluding hydrogens is 286 g/mol. The molecule has 0 radical (unpaired) electrons. The fraction of sp³-hybridized carbons (Fsp3) is 0.643. The molecule has 2 atom stereocenters. The van der Waals surface area contributed by atoms with Crippen molar-refractivity contribution in [2.24, 2.45) is 11.7 Å². The van der Waals surface area contributed by atoms with E-state index in [-0.39, 0.29) is 17.7 Å². The molecule has 1 aliphatic rings. The highest BCUT2D eigenvalue weighted by molar-refractivity contribution is 5.91. The molecule has 0 saturated carbocycles. The maximum atomic E-state index is 12.5. The Labute approximate surface area is 129 Å². The van der Waals surface area contributed by atoms with Gasteiger partial charge in [-0.2, -0.15) is 0 Å². The van der Waals surface area contributed by atoms with E-state index in [2.05, 4.69) is 10.5 Å². The summed E-state index contributed by atoms with van der Waals surface area (Å²) < 4.78 is 4.96. The third-order valence-corrected chi connectivity index (χ3v) is 3.92. The van der Waals surface area contributed by atoms with Gasteiger partial charge in [0.15, 0.2) is 0 Å². The Morgan fingerprint density at radius 1 is 1.45 bits per heavy atom. The van der Waals surface area contributed by atoms with Gasteiger partial charge in [0.2, 0.25) is 5.88 Å². The van der Waals surface area contributed by atoms with Crippen LogP contribution in [0.1, 0.15) is 32.4 Å². The normalized spacial score (nSPS) is 17.5. The van der Waals surface area contributed by atoms with Gasteiger partial charge in [-0.1, -0.05) is 25.4 Å². The standard InChI is InChI=1S/C14H23N5O3/c1-4-9(2)12(15)13(20)18-6-5-7-19(18)14(21)16-11-8-10(3)17-22-11/h8-9,12H,4-7,15H2,1-3H3,(H,16,21). The summed E-state index contributed by atoms with van der Waals surface area (Å²) in [5.74, 6) is 0.0960. The van der Waals surface area contributed by atoms with Crippen molar-refractivity contribution in [3.05, 3.63) is 11.8 Å². The summed E-state index contributed by atoms with van der Waals surface area (Å²) in [5.41, 5.74) is 6.66. The van der Waals surface area contributed by atoms with Crippen LogP contribution in [0.15, 0.2) is 10.6 Å². The van der Waals surface area contributed by atoms with Crippen molar-refractivity contribution in [3.63, 3.8) is 0 Å². The molecule has 1 aromatic rings. The number of amides is 3. The predicted molar refractivity (Wildman–Crippen MR) is 80.7 cm³/mol. The van der Waals surface area contributed by atoms with Gasteiger partial charge in [0.05, 0.1) is 11.7 Å². The van der Waals surface area contributed by atoms with Crippen LogP contribution in [0.3, 0.4) is 0 Å². The fourth-order valence-corrected chi connectivity index (χ4v) is 2.31. The monoisotopic (exact) mass is 309 g/mol. The van der Waals surface area contributed by atoms with Crippen LogP contribution < -0.4 is 11.1 Å². The number of nitrogens with two attached hydrogens (primary N) is 1. The first kappa shape index (κ1) is 16.3. The molecule has 0 aromatic carbocycles. The van der Waals surface area contributed by atoms with Crippen molar-refractivity contribution >= 4 is 17.8 Å².